The largest absolute Gasteiger partial charge is 0.454 e. The molecule has 8 atom stereocenters. The van der Waals surface area contributed by atoms with E-state index >= 15 is 0 Å². The van der Waals surface area contributed by atoms with E-state index in [2.05, 4.69) is 74.7 Å². The SMILES string of the molecule is CC/C=C/C/C=C/C/C=C/CCCCCCC(=O)OC1C(OCC(NC(=O)C(O)CCCCCCCC/C=C/CCCCCCCC)C(O)/C=C/CCCCCCCCCCC)OC(CO)C(O)C1O. The standard InChI is InChI=1S/C59H105NO10/c1-4-7-10-13-16-19-22-24-26-27-28-31-34-37-40-43-46-52(63)58(67)60-50(51(62)45-42-39-36-33-30-21-18-15-12-9-6-3)49-68-59-57(56(66)55(65)53(48-61)69-59)70-54(64)47-44-41-38-35-32-29-25-23-20-17-14-11-8-5-2/h8,11,17,20,24-26,29,42,45,50-53,55-57,59,61-63,65-66H,4-7,9-10,12-16,18-19,21-23,27-28,30-41,43-44,46-49H2,1-3H3,(H,60,67)/b11-8+,20-17+,26-24+,29-25+,45-42+. The van der Waals surface area contributed by atoms with Crippen molar-refractivity contribution in [1.29, 1.82) is 0 Å². The minimum absolute atomic E-state index is 0.0958. The van der Waals surface area contributed by atoms with Gasteiger partial charge in [0.25, 0.3) is 0 Å². The minimum atomic E-state index is -1.62. The van der Waals surface area contributed by atoms with E-state index in [1.165, 1.54) is 96.3 Å². The first-order chi connectivity index (χ1) is 34.2. The number of unbranched alkanes of at least 4 members (excludes halogenated alkanes) is 25. The molecule has 0 bridgehead atoms. The van der Waals surface area contributed by atoms with Crippen LogP contribution < -0.4 is 5.32 Å². The number of aliphatic hydroxyl groups excluding tert-OH is 5. The van der Waals surface area contributed by atoms with Gasteiger partial charge >= 0.3 is 5.97 Å². The molecule has 1 aliphatic rings. The number of hydrogen-bond acceptors (Lipinski definition) is 10. The monoisotopic (exact) mass is 988 g/mol. The van der Waals surface area contributed by atoms with Crippen molar-refractivity contribution in [2.75, 3.05) is 13.2 Å². The molecule has 11 heteroatoms. The molecule has 11 nitrogen and oxygen atoms in total. The van der Waals surface area contributed by atoms with Crippen LogP contribution in [0.15, 0.2) is 60.8 Å². The Morgan fingerprint density at radius 1 is 0.571 bits per heavy atom. The average molecular weight is 988 g/mol. The summed E-state index contributed by atoms with van der Waals surface area (Å²) in [6.07, 6.45) is 46.9. The van der Waals surface area contributed by atoms with Crippen LogP contribution in [-0.4, -0.2) is 99.6 Å². The molecule has 0 spiro atoms. The lowest BCUT2D eigenvalue weighted by Crippen LogP contribution is -2.61. The molecule has 1 fully saturated rings. The number of rotatable bonds is 47. The van der Waals surface area contributed by atoms with Gasteiger partial charge in [-0.15, -0.1) is 0 Å². The molecule has 1 saturated heterocycles. The topological polar surface area (TPSA) is 175 Å². The number of esters is 1. The van der Waals surface area contributed by atoms with Gasteiger partial charge in [0.15, 0.2) is 12.4 Å². The van der Waals surface area contributed by atoms with Gasteiger partial charge in [-0.2, -0.15) is 0 Å². The van der Waals surface area contributed by atoms with Gasteiger partial charge in [0.2, 0.25) is 5.91 Å². The number of ether oxygens (including phenoxy) is 3. The highest BCUT2D eigenvalue weighted by atomic mass is 16.7. The molecular formula is C59H105NO10. The number of carbonyl (C=O) groups is 2. The number of allylic oxidation sites excluding steroid dienone is 9. The smallest absolute Gasteiger partial charge is 0.306 e. The van der Waals surface area contributed by atoms with Crippen LogP contribution in [0.4, 0.5) is 0 Å². The zero-order valence-corrected chi connectivity index (χ0v) is 44.6. The van der Waals surface area contributed by atoms with Crippen LogP contribution in [0.1, 0.15) is 239 Å². The molecule has 0 aromatic rings. The predicted octanol–water partition coefficient (Wildman–Crippen LogP) is 12.7. The zero-order chi connectivity index (χ0) is 51.1. The maximum atomic E-state index is 13.4. The molecule has 0 aromatic heterocycles. The van der Waals surface area contributed by atoms with E-state index in [1.54, 1.807) is 6.08 Å². The predicted molar refractivity (Wildman–Crippen MR) is 287 cm³/mol. The summed E-state index contributed by atoms with van der Waals surface area (Å²) in [6, 6.07) is -1.03. The highest BCUT2D eigenvalue weighted by Crippen LogP contribution is 2.26. The summed E-state index contributed by atoms with van der Waals surface area (Å²) in [7, 11) is 0. The van der Waals surface area contributed by atoms with Crippen molar-refractivity contribution < 1.29 is 49.3 Å². The summed E-state index contributed by atoms with van der Waals surface area (Å²) in [6.45, 7) is 5.63. The number of carbonyl (C=O) groups excluding carboxylic acids is 2. The number of hydrogen-bond donors (Lipinski definition) is 6. The normalized spacial score (nSPS) is 20.1. The van der Waals surface area contributed by atoms with Crippen molar-refractivity contribution in [2.24, 2.45) is 0 Å². The van der Waals surface area contributed by atoms with Gasteiger partial charge in [-0.1, -0.05) is 210 Å². The first kappa shape index (κ1) is 65.4. The van der Waals surface area contributed by atoms with Gasteiger partial charge in [0.1, 0.15) is 24.4 Å². The molecule has 70 heavy (non-hydrogen) atoms. The quantitative estimate of drug-likeness (QED) is 0.0196. The fourth-order valence-corrected chi connectivity index (χ4v) is 8.60. The van der Waals surface area contributed by atoms with Crippen LogP contribution in [0.2, 0.25) is 0 Å². The molecule has 8 unspecified atom stereocenters. The fraction of sp³-hybridized carbons (Fsp3) is 0.797. The van der Waals surface area contributed by atoms with Crippen molar-refractivity contribution in [3.05, 3.63) is 60.8 Å². The summed E-state index contributed by atoms with van der Waals surface area (Å²) in [5.41, 5.74) is 0. The van der Waals surface area contributed by atoms with Crippen molar-refractivity contribution >= 4 is 11.9 Å². The summed E-state index contributed by atoms with van der Waals surface area (Å²) >= 11 is 0. The Kier molecular flexibility index (Phi) is 44.2. The van der Waals surface area contributed by atoms with Crippen molar-refractivity contribution in [1.82, 2.24) is 5.32 Å². The Morgan fingerprint density at radius 3 is 1.56 bits per heavy atom. The summed E-state index contributed by atoms with van der Waals surface area (Å²) < 4.78 is 17.5. The molecule has 0 aromatic carbocycles. The Hall–Kier alpha value is -2.64. The van der Waals surface area contributed by atoms with Crippen LogP contribution in [0.5, 0.6) is 0 Å². The molecule has 0 saturated carbocycles. The number of amides is 1. The maximum absolute atomic E-state index is 13.4. The Balaban J connectivity index is 2.74. The van der Waals surface area contributed by atoms with Gasteiger partial charge < -0.3 is 45.1 Å². The average Bonchev–Trinajstić information content (AvgIpc) is 3.36. The summed E-state index contributed by atoms with van der Waals surface area (Å²) in [5.74, 6) is -1.22. The van der Waals surface area contributed by atoms with Gasteiger partial charge in [0.05, 0.1) is 25.4 Å². The fourth-order valence-electron chi connectivity index (χ4n) is 8.60. The highest BCUT2D eigenvalue weighted by Gasteiger charge is 2.47. The van der Waals surface area contributed by atoms with Crippen molar-refractivity contribution in [3.8, 4) is 0 Å². The van der Waals surface area contributed by atoms with Gasteiger partial charge in [-0.25, -0.2) is 0 Å². The molecule has 1 rings (SSSR count). The van der Waals surface area contributed by atoms with Crippen molar-refractivity contribution in [2.45, 2.75) is 288 Å². The Bertz CT molecular complexity index is 1370. The molecule has 0 aliphatic carbocycles. The lowest BCUT2D eigenvalue weighted by molar-refractivity contribution is -0.305. The van der Waals surface area contributed by atoms with Crippen LogP contribution in [0, 0.1) is 0 Å². The van der Waals surface area contributed by atoms with Crippen molar-refractivity contribution in [3.63, 3.8) is 0 Å². The van der Waals surface area contributed by atoms with Gasteiger partial charge in [-0.3, -0.25) is 9.59 Å². The van der Waals surface area contributed by atoms with E-state index in [1.807, 2.05) is 6.08 Å². The molecule has 1 heterocycles. The minimum Gasteiger partial charge on any atom is -0.454 e. The second-order valence-corrected chi connectivity index (χ2v) is 19.6. The third-order valence-electron chi connectivity index (χ3n) is 13.2. The van der Waals surface area contributed by atoms with Gasteiger partial charge in [0, 0.05) is 6.42 Å². The molecule has 0 radical (unpaired) electrons. The van der Waals surface area contributed by atoms with Gasteiger partial charge in [-0.05, 0) is 83.5 Å². The van der Waals surface area contributed by atoms with Crippen LogP contribution >= 0.6 is 0 Å². The van der Waals surface area contributed by atoms with Crippen LogP contribution in [-0.2, 0) is 23.8 Å². The van der Waals surface area contributed by atoms with E-state index in [4.69, 9.17) is 14.2 Å². The highest BCUT2D eigenvalue weighted by molar-refractivity contribution is 5.80. The molecule has 1 aliphatic heterocycles. The maximum Gasteiger partial charge on any atom is 0.306 e. The third-order valence-corrected chi connectivity index (χ3v) is 13.2. The van der Waals surface area contributed by atoms with E-state index in [0.717, 1.165) is 96.3 Å². The van der Waals surface area contributed by atoms with E-state index in [-0.39, 0.29) is 19.4 Å². The summed E-state index contributed by atoms with van der Waals surface area (Å²) in [5, 5.41) is 56.7. The Morgan fingerprint density at radius 2 is 1.03 bits per heavy atom. The van der Waals surface area contributed by atoms with E-state index in [9.17, 15) is 35.1 Å². The third kappa shape index (κ3) is 35.5. The van der Waals surface area contributed by atoms with Crippen LogP contribution in [0.25, 0.3) is 0 Å². The molecule has 6 N–H and O–H groups in total. The lowest BCUT2D eigenvalue weighted by atomic mass is 9.99. The van der Waals surface area contributed by atoms with E-state index in [0.29, 0.717) is 12.8 Å². The molecule has 406 valence electrons. The second-order valence-electron chi connectivity index (χ2n) is 19.6. The summed E-state index contributed by atoms with van der Waals surface area (Å²) in [4.78, 5) is 26.4. The lowest BCUT2D eigenvalue weighted by Gasteiger charge is -2.41. The number of aliphatic hydroxyl groups is 5. The Labute approximate surface area is 427 Å². The first-order valence-corrected chi connectivity index (χ1v) is 28.6. The second kappa shape index (κ2) is 47.4. The molecule has 1 amide bonds. The van der Waals surface area contributed by atoms with Crippen LogP contribution in [0.3, 0.4) is 0 Å². The first-order valence-electron chi connectivity index (χ1n) is 28.6. The molecular weight excluding hydrogens is 883 g/mol. The zero-order valence-electron chi connectivity index (χ0n) is 44.6. The number of nitrogens with one attached hydrogen (secondary N) is 1. The van der Waals surface area contributed by atoms with E-state index < -0.39 is 67.4 Å².